The minimum Gasteiger partial charge on any atom is -0.325 e. The van der Waals surface area contributed by atoms with Crippen LogP contribution in [0.1, 0.15) is 26.1 Å². The van der Waals surface area contributed by atoms with Crippen molar-refractivity contribution in [2.24, 2.45) is 14.1 Å². The Kier molecular flexibility index (Phi) is 3.61. The lowest BCUT2D eigenvalue weighted by Gasteiger charge is -2.06. The van der Waals surface area contributed by atoms with E-state index >= 15 is 0 Å². The van der Waals surface area contributed by atoms with Gasteiger partial charge in [-0.25, -0.2) is 9.78 Å². The standard InChI is InChI=1S/C13H18N4O3/c1-5-6-9-14-11-10(15(9)3)12(19)17(7-8(2)18)13(20)16(11)4/h5-7H2,1-4H3. The summed E-state index contributed by atoms with van der Waals surface area (Å²) < 4.78 is 3.98. The molecule has 7 nitrogen and oxygen atoms in total. The molecule has 7 heteroatoms. The van der Waals surface area contributed by atoms with Crippen molar-refractivity contribution in [3.8, 4) is 0 Å². The van der Waals surface area contributed by atoms with Gasteiger partial charge in [-0.3, -0.25) is 18.7 Å². The number of carbonyl (C=O) groups is 1. The minimum absolute atomic E-state index is 0.213. The molecule has 0 fully saturated rings. The largest absolute Gasteiger partial charge is 0.332 e. The molecule has 0 aromatic carbocycles. The van der Waals surface area contributed by atoms with Gasteiger partial charge in [-0.15, -0.1) is 0 Å². The summed E-state index contributed by atoms with van der Waals surface area (Å²) in [5.41, 5.74) is -0.253. The van der Waals surface area contributed by atoms with Crippen molar-refractivity contribution >= 4 is 16.9 Å². The van der Waals surface area contributed by atoms with Crippen molar-refractivity contribution in [3.63, 3.8) is 0 Å². The van der Waals surface area contributed by atoms with Crippen molar-refractivity contribution in [3.05, 3.63) is 26.7 Å². The molecule has 0 spiro atoms. The van der Waals surface area contributed by atoms with Gasteiger partial charge in [0.2, 0.25) is 0 Å². The van der Waals surface area contributed by atoms with E-state index in [1.807, 2.05) is 6.92 Å². The predicted octanol–water partition coefficient (Wildman–Crippen LogP) is -0.0248. The monoisotopic (exact) mass is 278 g/mol. The van der Waals surface area contributed by atoms with Gasteiger partial charge in [0.15, 0.2) is 11.2 Å². The number of hydrogen-bond acceptors (Lipinski definition) is 4. The van der Waals surface area contributed by atoms with E-state index in [9.17, 15) is 14.4 Å². The SMILES string of the molecule is CCCc1nc2c(c(=O)n(CC(C)=O)c(=O)n2C)n1C. The molecule has 0 amide bonds. The highest BCUT2D eigenvalue weighted by Gasteiger charge is 2.18. The van der Waals surface area contributed by atoms with Crippen LogP contribution in [0, 0.1) is 0 Å². The molecule has 2 rings (SSSR count). The number of aryl methyl sites for hydroxylation is 3. The Morgan fingerprint density at radius 3 is 2.40 bits per heavy atom. The van der Waals surface area contributed by atoms with Crippen LogP contribution in [0.3, 0.4) is 0 Å². The molecule has 0 atom stereocenters. The van der Waals surface area contributed by atoms with Crippen LogP contribution >= 0.6 is 0 Å². The van der Waals surface area contributed by atoms with E-state index in [4.69, 9.17) is 0 Å². The fourth-order valence-electron chi connectivity index (χ4n) is 2.30. The summed E-state index contributed by atoms with van der Waals surface area (Å²) in [6.45, 7) is 3.16. The zero-order valence-corrected chi connectivity index (χ0v) is 12.1. The summed E-state index contributed by atoms with van der Waals surface area (Å²) >= 11 is 0. The van der Waals surface area contributed by atoms with Gasteiger partial charge in [0.05, 0.1) is 6.54 Å². The first-order valence-electron chi connectivity index (χ1n) is 6.53. The number of fused-ring (bicyclic) bond motifs is 1. The summed E-state index contributed by atoms with van der Waals surface area (Å²) in [5, 5.41) is 0. The molecule has 2 aromatic heterocycles. The Morgan fingerprint density at radius 1 is 1.20 bits per heavy atom. The second-order valence-electron chi connectivity index (χ2n) is 4.94. The van der Waals surface area contributed by atoms with E-state index in [0.29, 0.717) is 11.2 Å². The quantitative estimate of drug-likeness (QED) is 0.787. The molecule has 0 saturated heterocycles. The molecular weight excluding hydrogens is 260 g/mol. The first-order valence-corrected chi connectivity index (χ1v) is 6.53. The molecule has 0 unspecified atom stereocenters. The van der Waals surface area contributed by atoms with Gasteiger partial charge in [-0.05, 0) is 13.3 Å². The van der Waals surface area contributed by atoms with Crippen LogP contribution in [0.2, 0.25) is 0 Å². The molecule has 0 radical (unpaired) electrons. The lowest BCUT2D eigenvalue weighted by atomic mass is 10.3. The molecule has 0 bridgehead atoms. The summed E-state index contributed by atoms with van der Waals surface area (Å²) in [6.07, 6.45) is 1.62. The normalized spacial score (nSPS) is 11.2. The van der Waals surface area contributed by atoms with Crippen molar-refractivity contribution in [2.45, 2.75) is 33.2 Å². The van der Waals surface area contributed by atoms with Crippen LogP contribution in [-0.2, 0) is 31.9 Å². The summed E-state index contributed by atoms with van der Waals surface area (Å²) in [7, 11) is 3.31. The number of rotatable bonds is 4. The Hall–Kier alpha value is -2.18. The van der Waals surface area contributed by atoms with Crippen molar-refractivity contribution in [2.75, 3.05) is 0 Å². The molecule has 0 aliphatic heterocycles. The highest BCUT2D eigenvalue weighted by Crippen LogP contribution is 2.10. The maximum Gasteiger partial charge on any atom is 0.332 e. The number of Topliss-reactive ketones (excluding diaryl/α,β-unsaturated/α-hetero) is 1. The number of nitrogens with zero attached hydrogens (tertiary/aromatic N) is 4. The zero-order valence-electron chi connectivity index (χ0n) is 12.1. The molecule has 0 saturated carbocycles. The molecule has 108 valence electrons. The fourth-order valence-corrected chi connectivity index (χ4v) is 2.30. The highest BCUT2D eigenvalue weighted by atomic mass is 16.2. The number of aromatic nitrogens is 4. The molecule has 20 heavy (non-hydrogen) atoms. The summed E-state index contributed by atoms with van der Waals surface area (Å²) in [6, 6.07) is 0. The summed E-state index contributed by atoms with van der Waals surface area (Å²) in [5.74, 6) is 0.523. The molecule has 2 aromatic rings. The van der Waals surface area contributed by atoms with Crippen LogP contribution in [-0.4, -0.2) is 24.5 Å². The van der Waals surface area contributed by atoms with Crippen molar-refractivity contribution in [1.29, 1.82) is 0 Å². The maximum absolute atomic E-state index is 12.4. The van der Waals surface area contributed by atoms with E-state index < -0.39 is 11.2 Å². The van der Waals surface area contributed by atoms with Crippen LogP contribution in [0.5, 0.6) is 0 Å². The molecule has 0 N–H and O–H groups in total. The summed E-state index contributed by atoms with van der Waals surface area (Å²) in [4.78, 5) is 40.2. The second kappa shape index (κ2) is 5.07. The third kappa shape index (κ3) is 2.09. The average molecular weight is 278 g/mol. The predicted molar refractivity (Wildman–Crippen MR) is 74.9 cm³/mol. The van der Waals surface area contributed by atoms with Gasteiger partial charge < -0.3 is 4.57 Å². The average Bonchev–Trinajstić information content (AvgIpc) is 2.70. The van der Waals surface area contributed by atoms with Gasteiger partial charge in [-0.2, -0.15) is 0 Å². The van der Waals surface area contributed by atoms with E-state index in [-0.39, 0.29) is 12.3 Å². The third-order valence-corrected chi connectivity index (χ3v) is 3.31. The number of carbonyl (C=O) groups excluding carboxylic acids is 1. The number of ketones is 1. The van der Waals surface area contributed by atoms with E-state index in [2.05, 4.69) is 4.98 Å². The first kappa shape index (κ1) is 14.2. The zero-order chi connectivity index (χ0) is 15.0. The van der Waals surface area contributed by atoms with E-state index in [0.717, 1.165) is 23.2 Å². The Morgan fingerprint density at radius 2 is 1.85 bits per heavy atom. The Balaban J connectivity index is 2.87. The van der Waals surface area contributed by atoms with Gasteiger partial charge in [0.25, 0.3) is 5.56 Å². The third-order valence-electron chi connectivity index (χ3n) is 3.31. The molecule has 0 aliphatic rings. The molecule has 0 aliphatic carbocycles. The number of hydrogen-bond donors (Lipinski definition) is 0. The smallest absolute Gasteiger partial charge is 0.325 e. The Bertz CT molecular complexity index is 795. The number of imidazole rings is 1. The van der Waals surface area contributed by atoms with E-state index in [1.54, 1.807) is 18.7 Å². The van der Waals surface area contributed by atoms with Crippen molar-refractivity contribution < 1.29 is 4.79 Å². The van der Waals surface area contributed by atoms with Crippen LogP contribution in [0.4, 0.5) is 0 Å². The second-order valence-corrected chi connectivity index (χ2v) is 4.94. The maximum atomic E-state index is 12.4. The lowest BCUT2D eigenvalue weighted by molar-refractivity contribution is -0.117. The highest BCUT2D eigenvalue weighted by molar-refractivity contribution is 5.76. The van der Waals surface area contributed by atoms with E-state index in [1.165, 1.54) is 11.5 Å². The van der Waals surface area contributed by atoms with Gasteiger partial charge >= 0.3 is 5.69 Å². The topological polar surface area (TPSA) is 78.9 Å². The first-order chi connectivity index (χ1) is 9.38. The van der Waals surface area contributed by atoms with Crippen LogP contribution in [0.15, 0.2) is 9.59 Å². The van der Waals surface area contributed by atoms with Gasteiger partial charge in [-0.1, -0.05) is 6.92 Å². The van der Waals surface area contributed by atoms with Gasteiger partial charge in [0, 0.05) is 20.5 Å². The molecular formula is C13H18N4O3. The minimum atomic E-state index is -0.515. The fraction of sp³-hybridized carbons (Fsp3) is 0.538. The van der Waals surface area contributed by atoms with Crippen LogP contribution < -0.4 is 11.2 Å². The Labute approximate surface area is 115 Å². The molecule has 2 heterocycles. The lowest BCUT2D eigenvalue weighted by Crippen LogP contribution is -2.40. The van der Waals surface area contributed by atoms with Crippen LogP contribution in [0.25, 0.3) is 11.2 Å². The van der Waals surface area contributed by atoms with Gasteiger partial charge in [0.1, 0.15) is 11.6 Å². The van der Waals surface area contributed by atoms with Crippen molar-refractivity contribution in [1.82, 2.24) is 18.7 Å².